The molecule has 0 fully saturated rings. The summed E-state index contributed by atoms with van der Waals surface area (Å²) < 4.78 is 37.8. The minimum atomic E-state index is -1.10. The zero-order valence-corrected chi connectivity index (χ0v) is 24.8. The smallest absolute Gasteiger partial charge is 0.349 e. The summed E-state index contributed by atoms with van der Waals surface area (Å²) in [6.07, 6.45) is 1.21. The molecule has 0 saturated carbocycles. The van der Waals surface area contributed by atoms with Gasteiger partial charge in [0.25, 0.3) is 5.97 Å². The summed E-state index contributed by atoms with van der Waals surface area (Å²) in [6.45, 7) is 3.14. The summed E-state index contributed by atoms with van der Waals surface area (Å²) in [7, 11) is 2.92. The number of benzene rings is 2. The van der Waals surface area contributed by atoms with E-state index in [1.165, 1.54) is 32.5 Å². The number of aromatic amines is 2. The van der Waals surface area contributed by atoms with Gasteiger partial charge in [0, 0.05) is 36.9 Å². The third-order valence-corrected chi connectivity index (χ3v) is 5.87. The molecule has 16 nitrogen and oxygen atoms in total. The Morgan fingerprint density at radius 2 is 1.89 bits per heavy atom. The number of halogens is 1. The Hall–Kier alpha value is -5.71. The number of carbonyl (C=O) groups excluding carboxylic acids is 1. The van der Waals surface area contributed by atoms with E-state index in [0.717, 1.165) is 11.6 Å². The van der Waals surface area contributed by atoms with Crippen LogP contribution in [-0.4, -0.2) is 81.9 Å². The number of aliphatic carboxylic acids is 1. The van der Waals surface area contributed by atoms with Crippen molar-refractivity contribution in [2.75, 3.05) is 39.4 Å². The van der Waals surface area contributed by atoms with E-state index in [4.69, 9.17) is 40.0 Å². The molecule has 2 aromatic carbocycles. The molecule has 2 aromatic heterocycles. The first-order valence-corrected chi connectivity index (χ1v) is 13.3. The van der Waals surface area contributed by atoms with Crippen molar-refractivity contribution < 1.29 is 38.0 Å². The number of rotatable bonds is 13. The first-order valence-electron chi connectivity index (χ1n) is 13.3. The number of nitrogen functional groups attached to an aromatic ring is 1. The van der Waals surface area contributed by atoms with Crippen LogP contribution in [0.4, 0.5) is 10.1 Å². The lowest BCUT2D eigenvalue weighted by molar-refractivity contribution is -0.134. The maximum atomic E-state index is 16.0. The molecule has 0 bridgehead atoms. The quantitative estimate of drug-likeness (QED) is 0.0541. The minimum Gasteiger partial charge on any atom is -0.497 e. The second-order valence-corrected chi connectivity index (χ2v) is 9.04. The second kappa shape index (κ2) is 15.7. The fourth-order valence-electron chi connectivity index (χ4n) is 3.89. The number of aromatic nitrogens is 5. The van der Waals surface area contributed by atoms with Crippen LogP contribution in [0.3, 0.4) is 0 Å². The number of hydrogen-bond acceptors (Lipinski definition) is 11. The van der Waals surface area contributed by atoms with Crippen molar-refractivity contribution in [3.05, 3.63) is 81.4 Å². The fraction of sp³-hybridized carbons (Fsp3) is 0.286. The number of nitrogens with two attached hydrogens (primary N) is 1. The molecule has 4 rings (SSSR count). The number of amidine groups is 1. The molecule has 0 aliphatic carbocycles. The van der Waals surface area contributed by atoms with Crippen molar-refractivity contribution in [3.63, 3.8) is 0 Å². The fourth-order valence-corrected chi connectivity index (χ4v) is 3.89. The topological polar surface area (TPSA) is 233 Å². The number of carboxylic acid groups (broad SMARTS) is 1. The van der Waals surface area contributed by atoms with Gasteiger partial charge in [-0.2, -0.15) is 9.78 Å². The maximum absolute atomic E-state index is 16.0. The predicted molar refractivity (Wildman–Crippen MR) is 159 cm³/mol. The molecule has 240 valence electrons. The highest BCUT2D eigenvalue weighted by atomic mass is 19.1. The standard InChI is InChI=1S/C26H29FN8O6.C2H4O2/c1-4-40-25(36)18-13-30-33-24(18)35-26(37)32-23(34-35)21(31-15-7-5-14(6-8-15)22(28)29)17-11-16(39-3)12-19(20(17)27)41-10-9-38-2;1-2(3)4/h5-8,11-13,21,31H,4,9-10H2,1-3H3,(H3,28,29)(H,30,33)(H,32,34,37);1H3,(H,3,4). The number of H-pyrrole nitrogens is 2. The van der Waals surface area contributed by atoms with Crippen LogP contribution in [0.5, 0.6) is 11.5 Å². The van der Waals surface area contributed by atoms with Crippen LogP contribution in [0, 0.1) is 11.2 Å². The molecule has 2 heterocycles. The summed E-state index contributed by atoms with van der Waals surface area (Å²) in [5.41, 5.74) is 5.83. The zero-order chi connectivity index (χ0) is 33.1. The van der Waals surface area contributed by atoms with Crippen LogP contribution >= 0.6 is 0 Å². The van der Waals surface area contributed by atoms with Gasteiger partial charge in [-0.15, -0.1) is 5.10 Å². The molecule has 17 heteroatoms. The summed E-state index contributed by atoms with van der Waals surface area (Å²) in [5.74, 6) is -2.25. The summed E-state index contributed by atoms with van der Waals surface area (Å²) in [6, 6.07) is 8.24. The Kier molecular flexibility index (Phi) is 11.8. The SMILES string of the molecule is CC(=O)O.CCOC(=O)c1cn[nH]c1-n1nc(C(Nc2ccc(C(=N)N)cc2)c2cc(OC)cc(OCCOC)c2F)[nH]c1=O. The third kappa shape index (κ3) is 8.66. The van der Waals surface area contributed by atoms with Crippen molar-refractivity contribution in [1.82, 2.24) is 25.0 Å². The van der Waals surface area contributed by atoms with Crippen LogP contribution < -0.4 is 26.2 Å². The molecular weight excluding hydrogens is 595 g/mol. The van der Waals surface area contributed by atoms with E-state index >= 15 is 4.39 Å². The number of esters is 1. The van der Waals surface area contributed by atoms with Crippen molar-refractivity contribution >= 4 is 23.5 Å². The Balaban J connectivity index is 0.00000130. The summed E-state index contributed by atoms with van der Waals surface area (Å²) in [5, 5.41) is 29.0. The highest BCUT2D eigenvalue weighted by molar-refractivity contribution is 5.95. The Morgan fingerprint density at radius 1 is 1.20 bits per heavy atom. The molecule has 1 atom stereocenters. The van der Waals surface area contributed by atoms with E-state index < -0.39 is 29.5 Å². The van der Waals surface area contributed by atoms with E-state index in [0.29, 0.717) is 11.3 Å². The largest absolute Gasteiger partial charge is 0.497 e. The van der Waals surface area contributed by atoms with Crippen molar-refractivity contribution in [1.29, 1.82) is 5.41 Å². The number of carboxylic acids is 1. The number of hydrogen-bond donors (Lipinski definition) is 6. The van der Waals surface area contributed by atoms with Gasteiger partial charge < -0.3 is 35.1 Å². The number of nitrogens with one attached hydrogen (secondary N) is 4. The van der Waals surface area contributed by atoms with E-state index in [-0.39, 0.29) is 59.9 Å². The van der Waals surface area contributed by atoms with E-state index in [1.807, 2.05) is 0 Å². The molecule has 45 heavy (non-hydrogen) atoms. The lowest BCUT2D eigenvalue weighted by Crippen LogP contribution is -2.19. The van der Waals surface area contributed by atoms with E-state index in [1.54, 1.807) is 31.2 Å². The lowest BCUT2D eigenvalue weighted by Gasteiger charge is -2.21. The van der Waals surface area contributed by atoms with Gasteiger partial charge >= 0.3 is 11.7 Å². The van der Waals surface area contributed by atoms with Crippen LogP contribution in [0.25, 0.3) is 5.82 Å². The third-order valence-electron chi connectivity index (χ3n) is 5.87. The highest BCUT2D eigenvalue weighted by Gasteiger charge is 2.28. The summed E-state index contributed by atoms with van der Waals surface area (Å²) >= 11 is 0. The molecule has 1 unspecified atom stereocenters. The van der Waals surface area contributed by atoms with Crippen LogP contribution in [0.2, 0.25) is 0 Å². The van der Waals surface area contributed by atoms with Gasteiger partial charge in [0.1, 0.15) is 29.8 Å². The normalized spacial score (nSPS) is 11.1. The molecule has 0 spiro atoms. The molecule has 0 aliphatic rings. The average Bonchev–Trinajstić information content (AvgIpc) is 3.64. The van der Waals surface area contributed by atoms with Crippen molar-refractivity contribution in [2.45, 2.75) is 19.9 Å². The first-order chi connectivity index (χ1) is 21.5. The highest BCUT2D eigenvalue weighted by Crippen LogP contribution is 2.35. The number of carbonyl (C=O) groups is 2. The van der Waals surface area contributed by atoms with Crippen LogP contribution in [0.15, 0.2) is 47.4 Å². The second-order valence-electron chi connectivity index (χ2n) is 9.04. The molecule has 0 aliphatic heterocycles. The van der Waals surface area contributed by atoms with E-state index in [2.05, 4.69) is 25.6 Å². The Bertz CT molecular complexity index is 1680. The number of anilines is 1. The van der Waals surface area contributed by atoms with Gasteiger partial charge in [-0.05, 0) is 37.3 Å². The summed E-state index contributed by atoms with van der Waals surface area (Å²) in [4.78, 5) is 37.1. The van der Waals surface area contributed by atoms with Crippen LogP contribution in [-0.2, 0) is 14.3 Å². The monoisotopic (exact) mass is 628 g/mol. The van der Waals surface area contributed by atoms with E-state index in [9.17, 15) is 9.59 Å². The molecule has 0 radical (unpaired) electrons. The van der Waals surface area contributed by atoms with Crippen molar-refractivity contribution in [3.8, 4) is 17.3 Å². The Labute approximate surface area is 255 Å². The van der Waals surface area contributed by atoms with Crippen molar-refractivity contribution in [2.24, 2.45) is 5.73 Å². The molecular formula is C28H33FN8O8. The van der Waals surface area contributed by atoms with Gasteiger partial charge in [0.15, 0.2) is 23.2 Å². The van der Waals surface area contributed by atoms with Gasteiger partial charge in [-0.1, -0.05) is 0 Å². The van der Waals surface area contributed by atoms with Crippen LogP contribution in [0.1, 0.15) is 47.2 Å². The number of nitrogens with zero attached hydrogens (tertiary/aromatic N) is 3. The van der Waals surface area contributed by atoms with Gasteiger partial charge in [0.2, 0.25) is 0 Å². The average molecular weight is 629 g/mol. The molecule has 0 saturated heterocycles. The lowest BCUT2D eigenvalue weighted by atomic mass is 10.0. The van der Waals surface area contributed by atoms with Gasteiger partial charge in [-0.3, -0.25) is 20.3 Å². The van der Waals surface area contributed by atoms with Gasteiger partial charge in [0.05, 0.1) is 26.5 Å². The first kappa shape index (κ1) is 33.8. The van der Waals surface area contributed by atoms with Gasteiger partial charge in [-0.25, -0.2) is 14.0 Å². The predicted octanol–water partition coefficient (Wildman–Crippen LogP) is 2.21. The number of methoxy groups -OCH3 is 2. The molecule has 4 aromatic rings. The number of ether oxygens (including phenoxy) is 4. The molecule has 7 N–H and O–H groups in total. The minimum absolute atomic E-state index is 0.00921. The Morgan fingerprint density at radius 3 is 2.49 bits per heavy atom. The zero-order valence-electron chi connectivity index (χ0n) is 24.8. The molecule has 0 amide bonds. The maximum Gasteiger partial charge on any atom is 0.349 e.